The van der Waals surface area contributed by atoms with E-state index in [9.17, 15) is 9.18 Å². The molecule has 28 heavy (non-hydrogen) atoms. The summed E-state index contributed by atoms with van der Waals surface area (Å²) < 4.78 is 25.3. The highest BCUT2D eigenvalue weighted by atomic mass is 32.1. The quantitative estimate of drug-likeness (QED) is 0.557. The molecule has 0 aliphatic heterocycles. The van der Waals surface area contributed by atoms with E-state index in [-0.39, 0.29) is 30.1 Å². The van der Waals surface area contributed by atoms with E-state index in [0.717, 1.165) is 10.7 Å². The maximum absolute atomic E-state index is 14.3. The van der Waals surface area contributed by atoms with Crippen LogP contribution in [0.1, 0.15) is 10.6 Å². The summed E-state index contributed by atoms with van der Waals surface area (Å²) in [5.41, 5.74) is 1.60. The summed E-state index contributed by atoms with van der Waals surface area (Å²) in [5, 5.41) is 2.61. The second-order valence-electron chi connectivity index (χ2n) is 6.38. The highest BCUT2D eigenvalue weighted by Gasteiger charge is 2.17. The molecule has 0 aliphatic rings. The van der Waals surface area contributed by atoms with Crippen molar-refractivity contribution in [1.82, 2.24) is 4.98 Å². The normalized spacial score (nSPS) is 10.6. The summed E-state index contributed by atoms with van der Waals surface area (Å²) in [6.07, 6.45) is 2.10. The zero-order chi connectivity index (χ0) is 20.1. The van der Waals surface area contributed by atoms with Crippen LogP contribution in [0.5, 0.6) is 17.2 Å². The van der Waals surface area contributed by atoms with E-state index < -0.39 is 5.82 Å². The molecule has 5 nitrogen and oxygen atoms in total. The van der Waals surface area contributed by atoms with Crippen LogP contribution in [-0.4, -0.2) is 32.0 Å². The number of nitrogens with zero attached hydrogens (tertiary/aromatic N) is 2. The van der Waals surface area contributed by atoms with E-state index in [4.69, 9.17) is 9.47 Å². The van der Waals surface area contributed by atoms with Crippen molar-refractivity contribution in [1.29, 1.82) is 0 Å². The molecule has 0 N–H and O–H groups in total. The van der Waals surface area contributed by atoms with E-state index >= 15 is 0 Å². The van der Waals surface area contributed by atoms with Gasteiger partial charge in [0.05, 0.1) is 18.5 Å². The van der Waals surface area contributed by atoms with Gasteiger partial charge in [-0.2, -0.15) is 0 Å². The van der Waals surface area contributed by atoms with Gasteiger partial charge < -0.3 is 14.4 Å². The number of carbonyl (C=O) groups is 1. The minimum atomic E-state index is -0.531. The second-order valence-corrected chi connectivity index (χ2v) is 7.36. The number of Topliss-reactive ketones (excluding diaryl/α,β-unsaturated/α-hetero) is 1. The molecule has 146 valence electrons. The Kier molecular flexibility index (Phi) is 6.26. The average molecular weight is 400 g/mol. The monoisotopic (exact) mass is 400 g/mol. The van der Waals surface area contributed by atoms with Gasteiger partial charge in [0, 0.05) is 43.3 Å². The van der Waals surface area contributed by atoms with E-state index in [0.29, 0.717) is 11.3 Å². The summed E-state index contributed by atoms with van der Waals surface area (Å²) in [7, 11) is 5.28. The Morgan fingerprint density at radius 1 is 1.18 bits per heavy atom. The molecule has 0 saturated heterocycles. The molecule has 7 heteroatoms. The van der Waals surface area contributed by atoms with Gasteiger partial charge in [-0.3, -0.25) is 4.79 Å². The van der Waals surface area contributed by atoms with Crippen molar-refractivity contribution in [2.24, 2.45) is 0 Å². The van der Waals surface area contributed by atoms with Crippen LogP contribution >= 0.6 is 11.3 Å². The molecule has 3 rings (SSSR count). The lowest BCUT2D eigenvalue weighted by Crippen LogP contribution is -2.11. The van der Waals surface area contributed by atoms with Gasteiger partial charge in [-0.25, -0.2) is 9.37 Å². The number of thiazole rings is 1. The van der Waals surface area contributed by atoms with Crippen molar-refractivity contribution >= 4 is 22.8 Å². The van der Waals surface area contributed by atoms with Gasteiger partial charge in [0.2, 0.25) is 5.75 Å². The number of hydrogen-bond donors (Lipinski definition) is 0. The van der Waals surface area contributed by atoms with Crippen molar-refractivity contribution in [3.8, 4) is 17.2 Å². The minimum Gasteiger partial charge on any atom is -0.493 e. The number of anilines is 1. The molecule has 1 heterocycles. The van der Waals surface area contributed by atoms with Crippen molar-refractivity contribution in [2.45, 2.75) is 12.8 Å². The number of ketones is 1. The molecule has 0 aliphatic carbocycles. The van der Waals surface area contributed by atoms with Crippen molar-refractivity contribution in [3.05, 3.63) is 64.4 Å². The molecular weight excluding hydrogens is 379 g/mol. The number of ether oxygens (including phenoxy) is 2. The molecule has 0 fully saturated rings. The minimum absolute atomic E-state index is 0.00349. The Morgan fingerprint density at radius 3 is 2.68 bits per heavy atom. The highest BCUT2D eigenvalue weighted by Crippen LogP contribution is 2.36. The summed E-state index contributed by atoms with van der Waals surface area (Å²) in [4.78, 5) is 18.6. The number of rotatable bonds is 8. The summed E-state index contributed by atoms with van der Waals surface area (Å²) in [6, 6.07) is 9.96. The Morgan fingerprint density at radius 2 is 2.00 bits per heavy atom. The topological polar surface area (TPSA) is 51.7 Å². The average Bonchev–Trinajstić information content (AvgIpc) is 3.17. The van der Waals surface area contributed by atoms with Crippen LogP contribution in [-0.2, 0) is 17.6 Å². The summed E-state index contributed by atoms with van der Waals surface area (Å²) >= 11 is 1.45. The van der Waals surface area contributed by atoms with Gasteiger partial charge in [-0.05, 0) is 30.3 Å². The largest absolute Gasteiger partial charge is 0.493 e. The Bertz CT molecular complexity index is 958. The SMILES string of the molecule is COc1cccc(F)c1Oc1ccc(N(C)C)cc1CC(=O)Cc1nccs1. The third-order valence-corrected chi connectivity index (χ3v) is 4.92. The first-order chi connectivity index (χ1) is 13.5. The molecule has 0 unspecified atom stereocenters. The van der Waals surface area contributed by atoms with Crippen LogP contribution in [0.4, 0.5) is 10.1 Å². The van der Waals surface area contributed by atoms with Crippen LogP contribution in [0.3, 0.4) is 0 Å². The van der Waals surface area contributed by atoms with E-state index in [1.807, 2.05) is 36.5 Å². The predicted octanol–water partition coefficient (Wildman–Crippen LogP) is 4.50. The maximum Gasteiger partial charge on any atom is 0.204 e. The molecular formula is C21H21FN2O3S. The molecule has 0 amide bonds. The molecule has 0 radical (unpaired) electrons. The lowest BCUT2D eigenvalue weighted by molar-refractivity contribution is -0.117. The number of aromatic nitrogens is 1. The van der Waals surface area contributed by atoms with Crippen molar-refractivity contribution in [2.75, 3.05) is 26.1 Å². The first-order valence-corrected chi connectivity index (χ1v) is 9.56. The van der Waals surface area contributed by atoms with Gasteiger partial charge in [-0.1, -0.05) is 6.07 Å². The molecule has 2 aromatic carbocycles. The highest BCUT2D eigenvalue weighted by molar-refractivity contribution is 7.09. The number of carbonyl (C=O) groups excluding carboxylic acids is 1. The molecule has 0 spiro atoms. The summed E-state index contributed by atoms with van der Waals surface area (Å²) in [6.45, 7) is 0. The lowest BCUT2D eigenvalue weighted by atomic mass is 10.0. The predicted molar refractivity (Wildman–Crippen MR) is 108 cm³/mol. The molecule has 1 aromatic heterocycles. The van der Waals surface area contributed by atoms with Crippen LogP contribution in [0.2, 0.25) is 0 Å². The fraction of sp³-hybridized carbons (Fsp3) is 0.238. The van der Waals surface area contributed by atoms with Crippen LogP contribution in [0.15, 0.2) is 48.0 Å². The lowest BCUT2D eigenvalue weighted by Gasteiger charge is -2.18. The first-order valence-electron chi connectivity index (χ1n) is 8.68. The van der Waals surface area contributed by atoms with Gasteiger partial charge in [0.1, 0.15) is 11.5 Å². The van der Waals surface area contributed by atoms with Crippen LogP contribution in [0.25, 0.3) is 0 Å². The van der Waals surface area contributed by atoms with Crippen LogP contribution < -0.4 is 14.4 Å². The zero-order valence-electron chi connectivity index (χ0n) is 15.9. The Balaban J connectivity index is 1.91. The van der Waals surface area contributed by atoms with E-state index in [2.05, 4.69) is 4.98 Å². The molecule has 3 aromatic rings. The van der Waals surface area contributed by atoms with Crippen molar-refractivity contribution < 1.29 is 18.7 Å². The van der Waals surface area contributed by atoms with Gasteiger partial charge in [-0.15, -0.1) is 11.3 Å². The van der Waals surface area contributed by atoms with Gasteiger partial charge >= 0.3 is 0 Å². The third kappa shape index (κ3) is 4.67. The number of methoxy groups -OCH3 is 1. The summed E-state index contributed by atoms with van der Waals surface area (Å²) in [5.74, 6) is 0.182. The Labute approximate surface area is 167 Å². The second kappa shape index (κ2) is 8.84. The van der Waals surface area contributed by atoms with E-state index in [1.54, 1.807) is 24.4 Å². The van der Waals surface area contributed by atoms with Gasteiger partial charge in [0.25, 0.3) is 0 Å². The fourth-order valence-electron chi connectivity index (χ4n) is 2.72. The number of benzene rings is 2. The maximum atomic E-state index is 14.3. The Hall–Kier alpha value is -2.93. The number of para-hydroxylation sites is 1. The standard InChI is InChI=1S/C21H21FN2O3S/c1-24(2)15-7-8-18(27-21-17(22)5-4-6-19(21)26-3)14(11-15)12-16(25)13-20-23-9-10-28-20/h4-11H,12-13H2,1-3H3. The first kappa shape index (κ1) is 19.8. The van der Waals surface area contributed by atoms with Crippen LogP contribution in [0, 0.1) is 5.82 Å². The molecule has 0 saturated carbocycles. The smallest absolute Gasteiger partial charge is 0.204 e. The molecule has 0 bridgehead atoms. The third-order valence-electron chi connectivity index (χ3n) is 4.14. The number of halogens is 1. The van der Waals surface area contributed by atoms with Crippen molar-refractivity contribution in [3.63, 3.8) is 0 Å². The van der Waals surface area contributed by atoms with Gasteiger partial charge in [0.15, 0.2) is 11.6 Å². The number of hydrogen-bond acceptors (Lipinski definition) is 6. The zero-order valence-corrected chi connectivity index (χ0v) is 16.8. The van der Waals surface area contributed by atoms with E-state index in [1.165, 1.54) is 24.5 Å². The molecule has 0 atom stereocenters. The fourth-order valence-corrected chi connectivity index (χ4v) is 3.37.